The van der Waals surface area contributed by atoms with Crippen molar-refractivity contribution in [2.24, 2.45) is 0 Å². The van der Waals surface area contributed by atoms with Crippen molar-refractivity contribution >= 4 is 22.7 Å². The molecule has 8 nitrogen and oxygen atoms in total. The van der Waals surface area contributed by atoms with E-state index in [1.807, 2.05) is 23.1 Å². The van der Waals surface area contributed by atoms with Gasteiger partial charge in [0.1, 0.15) is 17.1 Å². The number of H-pyrrole nitrogens is 1. The average Bonchev–Trinajstić information content (AvgIpc) is 3.02. The molecule has 0 bridgehead atoms. The number of anilines is 2. The Bertz CT molecular complexity index is 1420. The molecule has 0 spiro atoms. The van der Waals surface area contributed by atoms with Gasteiger partial charge in [0.05, 0.1) is 5.39 Å². The molecular weight excluding hydrogens is 384 g/mol. The lowest BCUT2D eigenvalue weighted by atomic mass is 10.0. The van der Waals surface area contributed by atoms with Crippen molar-refractivity contribution in [3.8, 4) is 16.9 Å². The number of nitrogens with zero attached hydrogens (tertiary/aromatic N) is 3. The van der Waals surface area contributed by atoms with Gasteiger partial charge in [-0.05, 0) is 38.0 Å². The topological polar surface area (TPSA) is 112 Å². The third-order valence-corrected chi connectivity index (χ3v) is 5.35. The van der Waals surface area contributed by atoms with Crippen LogP contribution in [0.5, 0.6) is 5.75 Å². The van der Waals surface area contributed by atoms with Crippen LogP contribution in [0.25, 0.3) is 22.2 Å². The van der Waals surface area contributed by atoms with Crippen molar-refractivity contribution in [1.29, 1.82) is 0 Å². The Hall–Kier alpha value is -3.94. The fourth-order valence-corrected chi connectivity index (χ4v) is 4.11. The normalized spacial score (nSPS) is 15.5. The van der Waals surface area contributed by atoms with Gasteiger partial charge in [0.25, 0.3) is 5.56 Å². The number of benzene rings is 1. The summed E-state index contributed by atoms with van der Waals surface area (Å²) in [6, 6.07) is 10.9. The van der Waals surface area contributed by atoms with E-state index < -0.39 is 11.2 Å². The van der Waals surface area contributed by atoms with E-state index in [0.29, 0.717) is 5.95 Å². The number of rotatable bonds is 2. The SMILES string of the molecule is Cc1cc(O)c(-c2ccnc3nc(N4c5ccccc5CC4C)[nH]c(=O)c23)c(=O)o1. The summed E-state index contributed by atoms with van der Waals surface area (Å²) >= 11 is 0. The molecule has 0 fully saturated rings. The van der Waals surface area contributed by atoms with Crippen molar-refractivity contribution in [2.75, 3.05) is 4.90 Å². The van der Waals surface area contributed by atoms with Gasteiger partial charge in [-0.2, -0.15) is 4.98 Å². The minimum atomic E-state index is -0.731. The minimum absolute atomic E-state index is 0.0899. The second-order valence-electron chi connectivity index (χ2n) is 7.40. The van der Waals surface area contributed by atoms with E-state index in [1.54, 1.807) is 6.92 Å². The number of aromatic amines is 1. The number of fused-ring (bicyclic) bond motifs is 2. The van der Waals surface area contributed by atoms with Gasteiger partial charge in [-0.25, -0.2) is 9.78 Å². The lowest BCUT2D eigenvalue weighted by Gasteiger charge is -2.23. The Kier molecular flexibility index (Phi) is 3.95. The molecule has 150 valence electrons. The Balaban J connectivity index is 1.74. The van der Waals surface area contributed by atoms with E-state index >= 15 is 0 Å². The highest BCUT2D eigenvalue weighted by molar-refractivity contribution is 5.93. The van der Waals surface area contributed by atoms with Crippen LogP contribution in [-0.4, -0.2) is 26.1 Å². The zero-order valence-electron chi connectivity index (χ0n) is 16.3. The van der Waals surface area contributed by atoms with Gasteiger partial charge in [0.15, 0.2) is 5.65 Å². The molecule has 1 atom stereocenters. The molecule has 30 heavy (non-hydrogen) atoms. The molecule has 1 aromatic carbocycles. The van der Waals surface area contributed by atoms with Gasteiger partial charge in [-0.3, -0.25) is 9.78 Å². The summed E-state index contributed by atoms with van der Waals surface area (Å²) in [4.78, 5) is 39.1. The number of aromatic nitrogens is 3. The third kappa shape index (κ3) is 2.68. The predicted octanol–water partition coefficient (Wildman–Crippen LogP) is 3.04. The standard InChI is InChI=1S/C22H18N4O4/c1-11-9-13-5-3-4-6-15(13)26(11)22-24-19-18(20(28)25-22)14(7-8-23-19)17-16(27)10-12(2)30-21(17)29/h3-8,10-11,27H,9H2,1-2H3,(H,23,24,25,28). The summed E-state index contributed by atoms with van der Waals surface area (Å²) in [7, 11) is 0. The highest BCUT2D eigenvalue weighted by Crippen LogP contribution is 2.37. The maximum Gasteiger partial charge on any atom is 0.347 e. The van der Waals surface area contributed by atoms with Crippen LogP contribution in [0.15, 0.2) is 56.6 Å². The van der Waals surface area contributed by atoms with E-state index in [1.165, 1.54) is 23.9 Å². The van der Waals surface area contributed by atoms with Gasteiger partial charge >= 0.3 is 5.63 Å². The molecule has 0 amide bonds. The Labute approximate surface area is 170 Å². The lowest BCUT2D eigenvalue weighted by Crippen LogP contribution is -2.28. The van der Waals surface area contributed by atoms with Crippen LogP contribution < -0.4 is 16.1 Å². The number of aromatic hydroxyl groups is 1. The molecule has 0 saturated carbocycles. The zero-order valence-corrected chi connectivity index (χ0v) is 16.3. The monoisotopic (exact) mass is 402 g/mol. The summed E-state index contributed by atoms with van der Waals surface area (Å²) in [5.74, 6) is 0.396. The van der Waals surface area contributed by atoms with Crippen LogP contribution in [0.2, 0.25) is 0 Å². The van der Waals surface area contributed by atoms with Crippen LogP contribution in [0.1, 0.15) is 18.2 Å². The highest BCUT2D eigenvalue weighted by atomic mass is 16.4. The molecule has 2 N–H and O–H groups in total. The van der Waals surface area contributed by atoms with Gasteiger partial charge in [0, 0.05) is 29.6 Å². The third-order valence-electron chi connectivity index (χ3n) is 5.35. The second kappa shape index (κ2) is 6.55. The quantitative estimate of drug-likeness (QED) is 0.530. The fraction of sp³-hybridized carbons (Fsp3) is 0.182. The summed E-state index contributed by atoms with van der Waals surface area (Å²) in [5.41, 5.74) is 1.30. The van der Waals surface area contributed by atoms with Gasteiger partial charge in [0.2, 0.25) is 5.95 Å². The largest absolute Gasteiger partial charge is 0.507 e. The van der Waals surface area contributed by atoms with E-state index in [-0.39, 0.29) is 39.7 Å². The van der Waals surface area contributed by atoms with Crippen molar-refractivity contribution in [3.63, 3.8) is 0 Å². The molecule has 5 rings (SSSR count). The van der Waals surface area contributed by atoms with Crippen LogP contribution in [0.3, 0.4) is 0 Å². The number of nitrogens with one attached hydrogen (secondary N) is 1. The highest BCUT2D eigenvalue weighted by Gasteiger charge is 2.29. The number of para-hydroxylation sites is 1. The van der Waals surface area contributed by atoms with E-state index in [9.17, 15) is 14.7 Å². The lowest BCUT2D eigenvalue weighted by molar-refractivity contribution is 0.438. The van der Waals surface area contributed by atoms with E-state index in [0.717, 1.165) is 12.1 Å². The molecule has 1 aliphatic heterocycles. The Morgan fingerprint density at radius 3 is 2.83 bits per heavy atom. The first-order valence-corrected chi connectivity index (χ1v) is 9.54. The molecular formula is C22H18N4O4. The first-order chi connectivity index (χ1) is 14.4. The fourth-order valence-electron chi connectivity index (χ4n) is 4.11. The van der Waals surface area contributed by atoms with Gasteiger partial charge < -0.3 is 14.4 Å². The molecule has 0 saturated heterocycles. The molecule has 0 radical (unpaired) electrons. The first-order valence-electron chi connectivity index (χ1n) is 9.54. The Morgan fingerprint density at radius 2 is 2.03 bits per heavy atom. The van der Waals surface area contributed by atoms with E-state index in [4.69, 9.17) is 4.42 Å². The van der Waals surface area contributed by atoms with Crippen molar-refractivity contribution < 1.29 is 9.52 Å². The van der Waals surface area contributed by atoms with Crippen LogP contribution in [0.4, 0.5) is 11.6 Å². The van der Waals surface area contributed by atoms with E-state index in [2.05, 4.69) is 27.9 Å². The molecule has 8 heteroatoms. The van der Waals surface area contributed by atoms with Crippen molar-refractivity contribution in [2.45, 2.75) is 26.3 Å². The molecule has 0 aliphatic carbocycles. The summed E-state index contributed by atoms with van der Waals surface area (Å²) in [6.07, 6.45) is 2.29. The van der Waals surface area contributed by atoms with Gasteiger partial charge in [-0.1, -0.05) is 18.2 Å². The van der Waals surface area contributed by atoms with Crippen LogP contribution in [0, 0.1) is 6.92 Å². The van der Waals surface area contributed by atoms with Crippen molar-refractivity contribution in [3.05, 3.63) is 74.7 Å². The first kappa shape index (κ1) is 18.1. The minimum Gasteiger partial charge on any atom is -0.507 e. The molecule has 3 aromatic heterocycles. The maximum absolute atomic E-state index is 13.1. The molecule has 4 heterocycles. The summed E-state index contributed by atoms with van der Waals surface area (Å²) < 4.78 is 5.11. The zero-order chi connectivity index (χ0) is 21.0. The van der Waals surface area contributed by atoms with Crippen LogP contribution >= 0.6 is 0 Å². The smallest absolute Gasteiger partial charge is 0.347 e. The van der Waals surface area contributed by atoms with Crippen LogP contribution in [-0.2, 0) is 6.42 Å². The van der Waals surface area contributed by atoms with Gasteiger partial charge in [-0.15, -0.1) is 0 Å². The molecule has 4 aromatic rings. The molecule has 1 unspecified atom stereocenters. The predicted molar refractivity (Wildman–Crippen MR) is 112 cm³/mol. The number of pyridine rings is 1. The second-order valence-corrected chi connectivity index (χ2v) is 7.40. The number of aryl methyl sites for hydroxylation is 1. The summed E-state index contributed by atoms with van der Waals surface area (Å²) in [5, 5.41) is 10.4. The molecule has 1 aliphatic rings. The average molecular weight is 402 g/mol. The Morgan fingerprint density at radius 1 is 1.23 bits per heavy atom. The number of hydrogen-bond acceptors (Lipinski definition) is 7. The summed E-state index contributed by atoms with van der Waals surface area (Å²) in [6.45, 7) is 3.62. The van der Waals surface area contributed by atoms with Crippen molar-refractivity contribution in [1.82, 2.24) is 15.0 Å². The maximum atomic E-state index is 13.1. The number of hydrogen-bond donors (Lipinski definition) is 2.